The van der Waals surface area contributed by atoms with Crippen molar-refractivity contribution < 1.29 is 4.79 Å². The number of hydrogen-bond donors (Lipinski definition) is 2. The fourth-order valence-electron chi connectivity index (χ4n) is 1.38. The fraction of sp³-hybridized carbons (Fsp3) is 0.364. The molecule has 0 heterocycles. The van der Waals surface area contributed by atoms with E-state index in [9.17, 15) is 4.79 Å². The average Bonchev–Trinajstić information content (AvgIpc) is 3.04. The van der Waals surface area contributed by atoms with Gasteiger partial charge in [0, 0.05) is 11.6 Å². The van der Waals surface area contributed by atoms with Gasteiger partial charge in [-0.1, -0.05) is 34.8 Å². The molecular formula is C11H11Cl3N2O. The molecule has 3 nitrogen and oxygen atoms in total. The van der Waals surface area contributed by atoms with Crippen LogP contribution in [0.15, 0.2) is 12.1 Å². The summed E-state index contributed by atoms with van der Waals surface area (Å²) in [4.78, 5) is 11.6. The molecule has 1 fully saturated rings. The molecule has 1 aromatic rings. The second kappa shape index (κ2) is 5.34. The van der Waals surface area contributed by atoms with Crippen molar-refractivity contribution in [2.45, 2.75) is 12.8 Å². The molecule has 0 saturated heterocycles. The second-order valence-corrected chi connectivity index (χ2v) is 5.27. The normalized spacial score (nSPS) is 14.5. The Morgan fingerprint density at radius 3 is 2.35 bits per heavy atom. The highest BCUT2D eigenvalue weighted by molar-refractivity contribution is 6.42. The monoisotopic (exact) mass is 292 g/mol. The number of amides is 2. The van der Waals surface area contributed by atoms with Crippen molar-refractivity contribution in [2.75, 3.05) is 11.9 Å². The molecule has 0 spiro atoms. The SMILES string of the molecule is O=C(NCC1CC1)Nc1c(Cl)cc(Cl)cc1Cl. The summed E-state index contributed by atoms with van der Waals surface area (Å²) < 4.78 is 0. The van der Waals surface area contributed by atoms with Gasteiger partial charge in [0.2, 0.25) is 0 Å². The van der Waals surface area contributed by atoms with Gasteiger partial charge in [-0.3, -0.25) is 0 Å². The highest BCUT2D eigenvalue weighted by Gasteiger charge is 2.21. The van der Waals surface area contributed by atoms with E-state index in [1.54, 1.807) is 0 Å². The molecule has 0 unspecified atom stereocenters. The Labute approximate surface area is 114 Å². The van der Waals surface area contributed by atoms with Crippen molar-refractivity contribution >= 4 is 46.5 Å². The van der Waals surface area contributed by atoms with E-state index in [4.69, 9.17) is 34.8 Å². The molecule has 0 radical (unpaired) electrons. The Morgan fingerprint density at radius 2 is 1.82 bits per heavy atom. The molecule has 1 saturated carbocycles. The van der Waals surface area contributed by atoms with Crippen molar-refractivity contribution in [3.05, 3.63) is 27.2 Å². The summed E-state index contributed by atoms with van der Waals surface area (Å²) in [6.45, 7) is 0.689. The molecule has 0 aliphatic heterocycles. The molecule has 0 aromatic heterocycles. The second-order valence-electron chi connectivity index (χ2n) is 4.02. The van der Waals surface area contributed by atoms with Crippen molar-refractivity contribution in [1.29, 1.82) is 0 Å². The third-order valence-corrected chi connectivity index (χ3v) is 3.31. The van der Waals surface area contributed by atoms with Crippen LogP contribution in [-0.2, 0) is 0 Å². The number of rotatable bonds is 3. The van der Waals surface area contributed by atoms with Crippen LogP contribution in [0.3, 0.4) is 0 Å². The van der Waals surface area contributed by atoms with Gasteiger partial charge < -0.3 is 10.6 Å². The summed E-state index contributed by atoms with van der Waals surface area (Å²) >= 11 is 17.7. The van der Waals surface area contributed by atoms with Gasteiger partial charge in [-0.2, -0.15) is 0 Å². The first-order valence-electron chi connectivity index (χ1n) is 5.25. The Kier molecular flexibility index (Phi) is 4.02. The van der Waals surface area contributed by atoms with E-state index in [0.29, 0.717) is 33.2 Å². The summed E-state index contributed by atoms with van der Waals surface area (Å²) in [7, 11) is 0. The lowest BCUT2D eigenvalue weighted by molar-refractivity contribution is 0.251. The number of nitrogens with one attached hydrogen (secondary N) is 2. The van der Waals surface area contributed by atoms with Crippen LogP contribution in [0.5, 0.6) is 0 Å². The summed E-state index contributed by atoms with van der Waals surface area (Å²) in [5.74, 6) is 0.622. The lowest BCUT2D eigenvalue weighted by Crippen LogP contribution is -2.30. The maximum atomic E-state index is 11.6. The maximum absolute atomic E-state index is 11.6. The van der Waals surface area contributed by atoms with Gasteiger partial charge in [0.25, 0.3) is 0 Å². The van der Waals surface area contributed by atoms with E-state index in [2.05, 4.69) is 10.6 Å². The van der Waals surface area contributed by atoms with Crippen LogP contribution in [0, 0.1) is 5.92 Å². The Morgan fingerprint density at radius 1 is 1.24 bits per heavy atom. The molecule has 1 aromatic carbocycles. The van der Waals surface area contributed by atoms with E-state index in [1.165, 1.54) is 25.0 Å². The molecule has 1 aliphatic carbocycles. The third kappa shape index (κ3) is 3.66. The van der Waals surface area contributed by atoms with Crippen molar-refractivity contribution in [2.24, 2.45) is 5.92 Å². The van der Waals surface area contributed by atoms with Crippen LogP contribution >= 0.6 is 34.8 Å². The summed E-state index contributed by atoms with van der Waals surface area (Å²) in [5.41, 5.74) is 0.381. The number of carbonyl (C=O) groups is 1. The number of hydrogen-bond acceptors (Lipinski definition) is 1. The van der Waals surface area contributed by atoms with E-state index in [-0.39, 0.29) is 6.03 Å². The number of halogens is 3. The quantitative estimate of drug-likeness (QED) is 0.862. The molecule has 0 atom stereocenters. The fourth-order valence-corrected chi connectivity index (χ4v) is 2.29. The summed E-state index contributed by atoms with van der Waals surface area (Å²) in [5, 5.41) is 6.46. The van der Waals surface area contributed by atoms with Gasteiger partial charge in [-0.15, -0.1) is 0 Å². The smallest absolute Gasteiger partial charge is 0.319 e. The molecular weight excluding hydrogens is 282 g/mol. The topological polar surface area (TPSA) is 41.1 Å². The van der Waals surface area contributed by atoms with E-state index in [0.717, 1.165) is 0 Å². The summed E-state index contributed by atoms with van der Waals surface area (Å²) in [6, 6.07) is 2.76. The number of anilines is 1. The van der Waals surface area contributed by atoms with Crippen LogP contribution < -0.4 is 10.6 Å². The van der Waals surface area contributed by atoms with Gasteiger partial charge >= 0.3 is 6.03 Å². The minimum Gasteiger partial charge on any atom is -0.338 e. The van der Waals surface area contributed by atoms with Crippen LogP contribution in [-0.4, -0.2) is 12.6 Å². The molecule has 2 N–H and O–H groups in total. The van der Waals surface area contributed by atoms with Crippen molar-refractivity contribution in [1.82, 2.24) is 5.32 Å². The van der Waals surface area contributed by atoms with Gasteiger partial charge in [-0.25, -0.2) is 4.79 Å². The van der Waals surface area contributed by atoms with Crippen LogP contribution in [0.1, 0.15) is 12.8 Å². The first-order chi connectivity index (χ1) is 8.06. The molecule has 1 aliphatic rings. The highest BCUT2D eigenvalue weighted by Crippen LogP contribution is 2.33. The standard InChI is InChI=1S/C11H11Cl3N2O/c12-7-3-8(13)10(9(14)4-7)16-11(17)15-5-6-1-2-6/h3-4,6H,1-2,5H2,(H2,15,16,17). The molecule has 2 amide bonds. The predicted molar refractivity (Wildman–Crippen MR) is 71.2 cm³/mol. The predicted octanol–water partition coefficient (Wildman–Crippen LogP) is 4.18. The highest BCUT2D eigenvalue weighted by atomic mass is 35.5. The largest absolute Gasteiger partial charge is 0.338 e. The zero-order valence-corrected chi connectivity index (χ0v) is 11.2. The lowest BCUT2D eigenvalue weighted by atomic mass is 10.3. The summed E-state index contributed by atoms with van der Waals surface area (Å²) in [6.07, 6.45) is 2.37. The number of carbonyl (C=O) groups excluding carboxylic acids is 1. The molecule has 92 valence electrons. The number of benzene rings is 1. The maximum Gasteiger partial charge on any atom is 0.319 e. The van der Waals surface area contributed by atoms with Crippen LogP contribution in [0.4, 0.5) is 10.5 Å². The molecule has 6 heteroatoms. The van der Waals surface area contributed by atoms with Crippen LogP contribution in [0.25, 0.3) is 0 Å². The number of urea groups is 1. The van der Waals surface area contributed by atoms with E-state index < -0.39 is 0 Å². The zero-order chi connectivity index (χ0) is 12.4. The van der Waals surface area contributed by atoms with Gasteiger partial charge in [-0.05, 0) is 30.9 Å². The van der Waals surface area contributed by atoms with Gasteiger partial charge in [0.05, 0.1) is 15.7 Å². The zero-order valence-electron chi connectivity index (χ0n) is 8.90. The lowest BCUT2D eigenvalue weighted by Gasteiger charge is -2.10. The van der Waals surface area contributed by atoms with Crippen LogP contribution in [0.2, 0.25) is 15.1 Å². The first kappa shape index (κ1) is 12.8. The van der Waals surface area contributed by atoms with E-state index in [1.807, 2.05) is 0 Å². The Bertz CT molecular complexity index is 423. The average molecular weight is 294 g/mol. The van der Waals surface area contributed by atoms with Crippen molar-refractivity contribution in [3.63, 3.8) is 0 Å². The van der Waals surface area contributed by atoms with Crippen molar-refractivity contribution in [3.8, 4) is 0 Å². The Balaban J connectivity index is 1.99. The molecule has 2 rings (SSSR count). The first-order valence-corrected chi connectivity index (χ1v) is 6.39. The molecule has 0 bridgehead atoms. The molecule has 17 heavy (non-hydrogen) atoms. The Hall–Kier alpha value is -0.640. The van der Waals surface area contributed by atoms with Gasteiger partial charge in [0.15, 0.2) is 0 Å². The minimum absolute atomic E-state index is 0.303. The van der Waals surface area contributed by atoms with E-state index >= 15 is 0 Å². The minimum atomic E-state index is -0.303. The third-order valence-electron chi connectivity index (χ3n) is 2.49. The van der Waals surface area contributed by atoms with Gasteiger partial charge in [0.1, 0.15) is 0 Å².